The third-order valence-corrected chi connectivity index (χ3v) is 5.73. The zero-order valence-electron chi connectivity index (χ0n) is 15.9. The summed E-state index contributed by atoms with van der Waals surface area (Å²) in [5.41, 5.74) is 3.93. The summed E-state index contributed by atoms with van der Waals surface area (Å²) >= 11 is 1.97. The van der Waals surface area contributed by atoms with E-state index in [1.165, 1.54) is 27.6 Å². The van der Waals surface area contributed by atoms with Gasteiger partial charge in [-0.05, 0) is 56.5 Å². The maximum Gasteiger partial charge on any atom is 0.0587 e. The van der Waals surface area contributed by atoms with Crippen molar-refractivity contribution in [1.29, 1.82) is 0 Å². The molecule has 1 aliphatic rings. The zero-order valence-corrected chi connectivity index (χ0v) is 16.7. The van der Waals surface area contributed by atoms with Crippen molar-refractivity contribution in [3.63, 3.8) is 0 Å². The normalized spacial score (nSPS) is 14.8. The zero-order chi connectivity index (χ0) is 18.2. The predicted octanol–water partition coefficient (Wildman–Crippen LogP) is 5.07. The molecule has 140 valence electrons. The molecule has 1 heterocycles. The summed E-state index contributed by atoms with van der Waals surface area (Å²) in [6.45, 7) is 8.21. The van der Waals surface area contributed by atoms with Gasteiger partial charge in [0.15, 0.2) is 0 Å². The lowest BCUT2D eigenvalue weighted by Gasteiger charge is -2.30. The van der Waals surface area contributed by atoms with Crippen LogP contribution < -0.4 is 10.2 Å². The van der Waals surface area contributed by atoms with E-state index >= 15 is 0 Å². The van der Waals surface area contributed by atoms with Crippen LogP contribution in [-0.4, -0.2) is 38.1 Å². The average Bonchev–Trinajstić information content (AvgIpc) is 2.67. The Morgan fingerprint density at radius 3 is 2.77 bits per heavy atom. The summed E-state index contributed by atoms with van der Waals surface area (Å²) in [4.78, 5) is 3.94. The predicted molar refractivity (Wildman–Crippen MR) is 114 cm³/mol. The largest absolute Gasteiger partial charge is 0.385 e. The summed E-state index contributed by atoms with van der Waals surface area (Å²) in [7, 11) is 0. The smallest absolute Gasteiger partial charge is 0.0587 e. The van der Waals surface area contributed by atoms with Crippen molar-refractivity contribution >= 4 is 23.1 Å². The van der Waals surface area contributed by atoms with Crippen LogP contribution in [0.25, 0.3) is 0 Å². The van der Waals surface area contributed by atoms with Crippen molar-refractivity contribution in [1.82, 2.24) is 0 Å². The minimum atomic E-state index is 0.282. The molecular weight excluding hydrogens is 340 g/mol. The molecule has 0 saturated heterocycles. The first-order valence-electron chi connectivity index (χ1n) is 9.67. The Balaban J connectivity index is 1.42. The van der Waals surface area contributed by atoms with E-state index in [4.69, 9.17) is 4.74 Å². The first-order valence-corrected chi connectivity index (χ1v) is 10.7. The molecule has 1 aliphatic heterocycles. The number of nitrogens with one attached hydrogen (secondary N) is 1. The van der Waals surface area contributed by atoms with E-state index in [9.17, 15) is 0 Å². The van der Waals surface area contributed by atoms with E-state index in [0.29, 0.717) is 0 Å². The molecule has 3 rings (SSSR count). The first kappa shape index (κ1) is 19.1. The van der Waals surface area contributed by atoms with Crippen LogP contribution in [0.4, 0.5) is 11.4 Å². The number of hydrogen-bond acceptors (Lipinski definition) is 4. The molecule has 2 aromatic carbocycles. The van der Waals surface area contributed by atoms with Gasteiger partial charge in [-0.15, -0.1) is 11.8 Å². The molecule has 2 aromatic rings. The van der Waals surface area contributed by atoms with Gasteiger partial charge in [-0.2, -0.15) is 0 Å². The van der Waals surface area contributed by atoms with Gasteiger partial charge in [0.2, 0.25) is 0 Å². The molecule has 0 amide bonds. The molecule has 3 nitrogen and oxygen atoms in total. The number of anilines is 2. The third-order valence-electron chi connectivity index (χ3n) is 4.69. The Hall–Kier alpha value is -1.65. The number of fused-ring (bicyclic) bond motifs is 1. The minimum absolute atomic E-state index is 0.282. The van der Waals surface area contributed by atoms with Gasteiger partial charge in [0.1, 0.15) is 0 Å². The van der Waals surface area contributed by atoms with Crippen molar-refractivity contribution in [2.75, 3.05) is 42.2 Å². The van der Waals surface area contributed by atoms with Gasteiger partial charge in [0.05, 0.1) is 11.8 Å². The second-order valence-corrected chi connectivity index (χ2v) is 7.89. The van der Waals surface area contributed by atoms with Gasteiger partial charge in [0, 0.05) is 42.6 Å². The Bertz CT molecular complexity index is 674. The van der Waals surface area contributed by atoms with Gasteiger partial charge in [-0.3, -0.25) is 0 Å². The van der Waals surface area contributed by atoms with Gasteiger partial charge >= 0.3 is 0 Å². The number of thioether (sulfide) groups is 1. The molecule has 4 heteroatoms. The molecule has 0 radical (unpaired) electrons. The Kier molecular flexibility index (Phi) is 7.27. The Morgan fingerprint density at radius 2 is 1.96 bits per heavy atom. The Labute approximate surface area is 162 Å². The first-order chi connectivity index (χ1) is 12.8. The van der Waals surface area contributed by atoms with Crippen LogP contribution in [0, 0.1) is 0 Å². The molecule has 26 heavy (non-hydrogen) atoms. The van der Waals surface area contributed by atoms with Crippen LogP contribution in [0.2, 0.25) is 0 Å². The fourth-order valence-corrected chi connectivity index (χ4v) is 4.45. The van der Waals surface area contributed by atoms with Crippen molar-refractivity contribution in [2.45, 2.75) is 37.7 Å². The monoisotopic (exact) mass is 370 g/mol. The SMILES string of the molecule is CCOC(C)Cc1ccc(NCCCN2CCSc3ccccc32)cc1. The number of nitrogens with zero attached hydrogens (tertiary/aromatic N) is 1. The molecule has 0 aromatic heterocycles. The molecular formula is C22H30N2OS. The summed E-state index contributed by atoms with van der Waals surface area (Å²) in [5.74, 6) is 1.19. The fourth-order valence-electron chi connectivity index (χ4n) is 3.40. The standard InChI is InChI=1S/C22H30N2OS/c1-3-25-18(2)17-19-9-11-20(12-10-19)23-13-6-14-24-15-16-26-22-8-5-4-7-21(22)24/h4-5,7-12,18,23H,3,6,13-17H2,1-2H3. The molecule has 1 N–H and O–H groups in total. The maximum atomic E-state index is 5.62. The summed E-state index contributed by atoms with van der Waals surface area (Å²) in [5, 5.41) is 3.55. The molecule has 0 spiro atoms. The van der Waals surface area contributed by atoms with Crippen molar-refractivity contribution < 1.29 is 4.74 Å². The van der Waals surface area contributed by atoms with E-state index in [0.717, 1.165) is 39.1 Å². The summed E-state index contributed by atoms with van der Waals surface area (Å²) < 4.78 is 5.62. The van der Waals surface area contributed by atoms with E-state index < -0.39 is 0 Å². The highest BCUT2D eigenvalue weighted by molar-refractivity contribution is 7.99. The van der Waals surface area contributed by atoms with Crippen molar-refractivity contribution in [2.24, 2.45) is 0 Å². The number of rotatable bonds is 9. The number of ether oxygens (including phenoxy) is 1. The highest BCUT2D eigenvalue weighted by Crippen LogP contribution is 2.34. The lowest BCUT2D eigenvalue weighted by molar-refractivity contribution is 0.0768. The van der Waals surface area contributed by atoms with Crippen LogP contribution in [0.1, 0.15) is 25.8 Å². The summed E-state index contributed by atoms with van der Waals surface area (Å²) in [6, 6.07) is 17.5. The number of hydrogen-bond donors (Lipinski definition) is 1. The van der Waals surface area contributed by atoms with Crippen molar-refractivity contribution in [3.8, 4) is 0 Å². The van der Waals surface area contributed by atoms with Gasteiger partial charge in [-0.25, -0.2) is 0 Å². The second-order valence-electron chi connectivity index (χ2n) is 6.75. The molecule has 1 atom stereocenters. The summed E-state index contributed by atoms with van der Waals surface area (Å²) in [6.07, 6.45) is 2.40. The molecule has 1 unspecified atom stereocenters. The highest BCUT2D eigenvalue weighted by atomic mass is 32.2. The van der Waals surface area contributed by atoms with Gasteiger partial charge in [-0.1, -0.05) is 24.3 Å². The van der Waals surface area contributed by atoms with Crippen LogP contribution in [0.15, 0.2) is 53.4 Å². The van der Waals surface area contributed by atoms with Crippen LogP contribution in [0.5, 0.6) is 0 Å². The Morgan fingerprint density at radius 1 is 1.15 bits per heavy atom. The van der Waals surface area contributed by atoms with E-state index in [-0.39, 0.29) is 6.10 Å². The van der Waals surface area contributed by atoms with Gasteiger partial charge < -0.3 is 15.0 Å². The molecule has 0 aliphatic carbocycles. The van der Waals surface area contributed by atoms with Crippen LogP contribution in [0.3, 0.4) is 0 Å². The average molecular weight is 371 g/mol. The molecule has 0 saturated carbocycles. The van der Waals surface area contributed by atoms with E-state index in [2.05, 4.69) is 65.7 Å². The fraction of sp³-hybridized carbons (Fsp3) is 0.455. The van der Waals surface area contributed by atoms with Crippen LogP contribution >= 0.6 is 11.8 Å². The maximum absolute atomic E-state index is 5.62. The second kappa shape index (κ2) is 9.89. The van der Waals surface area contributed by atoms with Gasteiger partial charge in [0.25, 0.3) is 0 Å². The van der Waals surface area contributed by atoms with E-state index in [1.54, 1.807) is 0 Å². The molecule has 0 bridgehead atoms. The van der Waals surface area contributed by atoms with Crippen molar-refractivity contribution in [3.05, 3.63) is 54.1 Å². The van der Waals surface area contributed by atoms with E-state index in [1.807, 2.05) is 18.7 Å². The lowest BCUT2D eigenvalue weighted by atomic mass is 10.1. The minimum Gasteiger partial charge on any atom is -0.385 e. The number of benzene rings is 2. The highest BCUT2D eigenvalue weighted by Gasteiger charge is 2.15. The quantitative estimate of drug-likeness (QED) is 0.623. The number of para-hydroxylation sites is 1. The molecule has 0 fully saturated rings. The third kappa shape index (κ3) is 5.42. The topological polar surface area (TPSA) is 24.5 Å². The lowest BCUT2D eigenvalue weighted by Crippen LogP contribution is -2.31. The van der Waals surface area contributed by atoms with Crippen LogP contribution in [-0.2, 0) is 11.2 Å².